The molecule has 0 aliphatic carbocycles. The van der Waals surface area contributed by atoms with Gasteiger partial charge in [-0.25, -0.2) is 9.78 Å². The second kappa shape index (κ2) is 5.30. The summed E-state index contributed by atoms with van der Waals surface area (Å²) in [5.74, 6) is 0. The average Bonchev–Trinajstić information content (AvgIpc) is 2.80. The molecule has 2 N–H and O–H groups in total. The molecule has 0 aliphatic rings. The highest BCUT2D eigenvalue weighted by Gasteiger charge is 2.07. The normalized spacial score (nSPS) is 10.4. The maximum Gasteiger partial charge on any atom is 0.325 e. The number of nitrogens with one attached hydrogen (secondary N) is 2. The Balaban J connectivity index is 1.72. The first-order valence-corrected chi connectivity index (χ1v) is 7.02. The lowest BCUT2D eigenvalue weighted by atomic mass is 10.2. The Morgan fingerprint density at radius 1 is 1.10 bits per heavy atom. The molecule has 0 saturated carbocycles. The molecule has 2 amide bonds. The van der Waals surface area contributed by atoms with Gasteiger partial charge in [-0.2, -0.15) is 0 Å². The van der Waals surface area contributed by atoms with Gasteiger partial charge in [0.1, 0.15) is 0 Å². The van der Waals surface area contributed by atoms with Crippen molar-refractivity contribution in [2.45, 2.75) is 6.92 Å². The number of carbonyl (C=O) groups excluding carboxylic acids is 1. The number of aromatic nitrogens is 1. The molecule has 0 atom stereocenters. The Hall–Kier alpha value is -2.40. The third-order valence-corrected chi connectivity index (χ3v) is 3.74. The van der Waals surface area contributed by atoms with Crippen LogP contribution in [0.2, 0.25) is 0 Å². The van der Waals surface area contributed by atoms with Crippen molar-refractivity contribution in [2.75, 3.05) is 10.6 Å². The second-order valence-electron chi connectivity index (χ2n) is 4.44. The number of hydrogen-bond donors (Lipinski definition) is 2. The molecular formula is C15H13N3OS. The molecule has 1 aromatic heterocycles. The van der Waals surface area contributed by atoms with Crippen LogP contribution in [0.15, 0.2) is 48.5 Å². The standard InChI is InChI=1S/C15H13N3OS/c1-10-5-4-6-11(9-10)16-14(19)18-15-17-12-7-2-3-8-13(12)20-15/h2-9H,1H3,(H2,16,17,18,19). The molecule has 0 aliphatic heterocycles. The minimum absolute atomic E-state index is 0.283. The number of carbonyl (C=O) groups is 1. The summed E-state index contributed by atoms with van der Waals surface area (Å²) in [5.41, 5.74) is 2.76. The van der Waals surface area contributed by atoms with Crippen molar-refractivity contribution >= 4 is 38.4 Å². The van der Waals surface area contributed by atoms with Crippen molar-refractivity contribution in [1.29, 1.82) is 0 Å². The molecule has 3 rings (SSSR count). The third-order valence-electron chi connectivity index (χ3n) is 2.79. The number of thiazole rings is 1. The largest absolute Gasteiger partial charge is 0.325 e. The fourth-order valence-electron chi connectivity index (χ4n) is 1.91. The van der Waals surface area contributed by atoms with E-state index in [-0.39, 0.29) is 6.03 Å². The molecule has 0 fully saturated rings. The number of amides is 2. The SMILES string of the molecule is Cc1cccc(NC(=O)Nc2nc3ccccc3s2)c1. The average molecular weight is 283 g/mol. The van der Waals surface area contributed by atoms with Crippen LogP contribution in [0.4, 0.5) is 15.6 Å². The van der Waals surface area contributed by atoms with Crippen LogP contribution in [0.3, 0.4) is 0 Å². The van der Waals surface area contributed by atoms with E-state index in [0.717, 1.165) is 21.5 Å². The number of anilines is 2. The van der Waals surface area contributed by atoms with Gasteiger partial charge in [0.15, 0.2) is 5.13 Å². The number of para-hydroxylation sites is 1. The fraction of sp³-hybridized carbons (Fsp3) is 0.0667. The van der Waals surface area contributed by atoms with Gasteiger partial charge in [0, 0.05) is 5.69 Å². The molecule has 0 unspecified atom stereocenters. The molecule has 5 heteroatoms. The molecule has 20 heavy (non-hydrogen) atoms. The van der Waals surface area contributed by atoms with Crippen LogP contribution >= 0.6 is 11.3 Å². The van der Waals surface area contributed by atoms with Crippen molar-refractivity contribution in [3.05, 3.63) is 54.1 Å². The zero-order valence-electron chi connectivity index (χ0n) is 10.9. The summed E-state index contributed by atoms with van der Waals surface area (Å²) in [5, 5.41) is 6.14. The van der Waals surface area contributed by atoms with Crippen molar-refractivity contribution in [2.24, 2.45) is 0 Å². The van der Waals surface area contributed by atoms with Crippen molar-refractivity contribution in [3.8, 4) is 0 Å². The van der Waals surface area contributed by atoms with Gasteiger partial charge in [0.2, 0.25) is 0 Å². The van der Waals surface area contributed by atoms with Gasteiger partial charge in [0.25, 0.3) is 0 Å². The number of hydrogen-bond acceptors (Lipinski definition) is 3. The van der Waals surface area contributed by atoms with E-state index in [9.17, 15) is 4.79 Å². The lowest BCUT2D eigenvalue weighted by Crippen LogP contribution is -2.19. The summed E-state index contributed by atoms with van der Waals surface area (Å²) in [7, 11) is 0. The van der Waals surface area contributed by atoms with Crippen LogP contribution in [0.25, 0.3) is 10.2 Å². The van der Waals surface area contributed by atoms with Crippen LogP contribution in [0.5, 0.6) is 0 Å². The summed E-state index contributed by atoms with van der Waals surface area (Å²) in [6.07, 6.45) is 0. The van der Waals surface area contributed by atoms with Gasteiger partial charge < -0.3 is 5.32 Å². The number of fused-ring (bicyclic) bond motifs is 1. The molecule has 3 aromatic rings. The smallest absolute Gasteiger partial charge is 0.308 e. The topological polar surface area (TPSA) is 54.0 Å². The van der Waals surface area contributed by atoms with E-state index in [4.69, 9.17) is 0 Å². The Morgan fingerprint density at radius 3 is 2.75 bits per heavy atom. The predicted octanol–water partition coefficient (Wildman–Crippen LogP) is 4.25. The fourth-order valence-corrected chi connectivity index (χ4v) is 2.77. The van der Waals surface area contributed by atoms with Gasteiger partial charge >= 0.3 is 6.03 Å². The summed E-state index contributed by atoms with van der Waals surface area (Å²) in [4.78, 5) is 16.3. The van der Waals surface area contributed by atoms with E-state index in [2.05, 4.69) is 15.6 Å². The Kier molecular flexibility index (Phi) is 3.35. The highest BCUT2D eigenvalue weighted by atomic mass is 32.1. The lowest BCUT2D eigenvalue weighted by Gasteiger charge is -2.05. The number of benzene rings is 2. The Bertz CT molecular complexity index is 733. The van der Waals surface area contributed by atoms with Crippen LogP contribution in [-0.2, 0) is 0 Å². The summed E-state index contributed by atoms with van der Waals surface area (Å²) < 4.78 is 1.05. The predicted molar refractivity (Wildman–Crippen MR) is 83.4 cm³/mol. The van der Waals surface area contributed by atoms with Gasteiger partial charge in [-0.1, -0.05) is 35.6 Å². The molecule has 100 valence electrons. The number of urea groups is 1. The van der Waals surface area contributed by atoms with Crippen molar-refractivity contribution in [1.82, 2.24) is 4.98 Å². The van der Waals surface area contributed by atoms with E-state index in [1.54, 1.807) is 0 Å². The molecule has 0 bridgehead atoms. The first-order chi connectivity index (χ1) is 9.70. The van der Waals surface area contributed by atoms with Crippen LogP contribution < -0.4 is 10.6 Å². The maximum atomic E-state index is 11.9. The molecule has 4 nitrogen and oxygen atoms in total. The van der Waals surface area contributed by atoms with E-state index >= 15 is 0 Å². The Morgan fingerprint density at radius 2 is 1.95 bits per heavy atom. The highest BCUT2D eigenvalue weighted by molar-refractivity contribution is 7.22. The molecular weight excluding hydrogens is 270 g/mol. The van der Waals surface area contributed by atoms with E-state index in [0.29, 0.717) is 5.13 Å². The molecule has 0 radical (unpaired) electrons. The third kappa shape index (κ3) is 2.78. The van der Waals surface area contributed by atoms with Gasteiger partial charge in [-0.3, -0.25) is 5.32 Å². The monoisotopic (exact) mass is 283 g/mol. The van der Waals surface area contributed by atoms with Gasteiger partial charge in [-0.05, 0) is 36.8 Å². The lowest BCUT2D eigenvalue weighted by molar-refractivity contribution is 0.262. The summed E-state index contributed by atoms with van der Waals surface area (Å²) >= 11 is 1.46. The van der Waals surface area contributed by atoms with Gasteiger partial charge in [0.05, 0.1) is 10.2 Å². The van der Waals surface area contributed by atoms with Crippen molar-refractivity contribution in [3.63, 3.8) is 0 Å². The quantitative estimate of drug-likeness (QED) is 0.738. The number of aryl methyl sites for hydroxylation is 1. The molecule has 1 heterocycles. The first-order valence-electron chi connectivity index (χ1n) is 6.21. The summed E-state index contributed by atoms with van der Waals surface area (Å²) in [6, 6.07) is 15.2. The Labute approximate surface area is 120 Å². The first kappa shape index (κ1) is 12.6. The van der Waals surface area contributed by atoms with E-state index < -0.39 is 0 Å². The number of nitrogens with zero attached hydrogens (tertiary/aromatic N) is 1. The van der Waals surface area contributed by atoms with E-state index in [1.807, 2.05) is 55.5 Å². The molecule has 0 saturated heterocycles. The van der Waals surface area contributed by atoms with Gasteiger partial charge in [-0.15, -0.1) is 0 Å². The van der Waals surface area contributed by atoms with Crippen LogP contribution in [-0.4, -0.2) is 11.0 Å². The zero-order valence-corrected chi connectivity index (χ0v) is 11.7. The highest BCUT2D eigenvalue weighted by Crippen LogP contribution is 2.25. The molecule has 2 aromatic carbocycles. The number of rotatable bonds is 2. The second-order valence-corrected chi connectivity index (χ2v) is 5.47. The van der Waals surface area contributed by atoms with Crippen molar-refractivity contribution < 1.29 is 4.79 Å². The zero-order chi connectivity index (χ0) is 13.9. The summed E-state index contributed by atoms with van der Waals surface area (Å²) in [6.45, 7) is 1.98. The molecule has 0 spiro atoms. The van der Waals surface area contributed by atoms with E-state index in [1.165, 1.54) is 11.3 Å². The minimum Gasteiger partial charge on any atom is -0.308 e. The van der Waals surface area contributed by atoms with Crippen LogP contribution in [0.1, 0.15) is 5.56 Å². The van der Waals surface area contributed by atoms with Crippen LogP contribution in [0, 0.1) is 6.92 Å². The maximum absolute atomic E-state index is 11.9. The minimum atomic E-state index is -0.283.